The molecule has 1 saturated heterocycles. The van der Waals surface area contributed by atoms with Crippen LogP contribution in [0.4, 0.5) is 5.95 Å². The topological polar surface area (TPSA) is 121 Å². The fourth-order valence-electron chi connectivity index (χ4n) is 4.26. The van der Waals surface area contributed by atoms with E-state index in [0.717, 1.165) is 13.0 Å². The van der Waals surface area contributed by atoms with Gasteiger partial charge in [0.15, 0.2) is 0 Å². The normalized spacial score (nSPS) is 16.0. The van der Waals surface area contributed by atoms with Crippen LogP contribution < -0.4 is 9.64 Å². The second-order valence-corrected chi connectivity index (χ2v) is 7.66. The third-order valence-electron chi connectivity index (χ3n) is 5.68. The summed E-state index contributed by atoms with van der Waals surface area (Å²) in [5.41, 5.74) is 1.21. The zero-order valence-electron chi connectivity index (χ0n) is 17.7. The lowest BCUT2D eigenvalue weighted by atomic mass is 10.0. The van der Waals surface area contributed by atoms with Gasteiger partial charge in [0.05, 0.1) is 7.11 Å². The summed E-state index contributed by atoms with van der Waals surface area (Å²) < 4.78 is 6.90. The summed E-state index contributed by atoms with van der Waals surface area (Å²) in [5.74, 6) is -0.765. The molecule has 0 saturated carbocycles. The summed E-state index contributed by atoms with van der Waals surface area (Å²) in [6.45, 7) is 2.14. The number of carboxylic acids is 2. The molecule has 2 aromatic heterocycles. The van der Waals surface area contributed by atoms with Crippen molar-refractivity contribution >= 4 is 28.8 Å². The maximum absolute atomic E-state index is 12.5. The summed E-state index contributed by atoms with van der Waals surface area (Å²) in [6.07, 6.45) is 5.77. The number of carboxylic acid groups (broad SMARTS) is 2. The number of benzene rings is 1. The van der Waals surface area contributed by atoms with Crippen LogP contribution in [0.1, 0.15) is 18.0 Å². The molecule has 32 heavy (non-hydrogen) atoms. The van der Waals surface area contributed by atoms with Gasteiger partial charge in [0.1, 0.15) is 18.3 Å². The van der Waals surface area contributed by atoms with Gasteiger partial charge >= 0.3 is 11.9 Å². The van der Waals surface area contributed by atoms with E-state index in [1.54, 1.807) is 54.5 Å². The number of hydrogen-bond donors (Lipinski definition) is 2. The number of anilines is 1. The third kappa shape index (κ3) is 4.35. The second-order valence-electron chi connectivity index (χ2n) is 7.66. The summed E-state index contributed by atoms with van der Waals surface area (Å²) >= 11 is 0. The molecule has 10 nitrogen and oxygen atoms in total. The highest BCUT2D eigenvalue weighted by molar-refractivity contribution is 5.91. The van der Waals surface area contributed by atoms with Crippen molar-refractivity contribution in [3.63, 3.8) is 0 Å². The molecule has 1 atom stereocenters. The maximum atomic E-state index is 12.5. The standard InChI is InChI=1S/C22H25N5O5/c1-32-15-4-5-18-16(12-15)17(13-27(18)14-19(28)29)20(21(30)31)25-8-3-9-26(11-10-25)22-23-6-2-7-24-22/h2,4-7,12-13,20H,3,8-11,14H2,1H3,(H,28,29)(H,30,31)/t20-/m0/s1. The van der Waals surface area contributed by atoms with Crippen molar-refractivity contribution in [2.45, 2.75) is 19.0 Å². The lowest BCUT2D eigenvalue weighted by Gasteiger charge is -2.27. The van der Waals surface area contributed by atoms with Crippen molar-refractivity contribution in [3.05, 3.63) is 48.4 Å². The zero-order valence-corrected chi connectivity index (χ0v) is 17.7. The van der Waals surface area contributed by atoms with Gasteiger partial charge < -0.3 is 24.4 Å². The number of fused-ring (bicyclic) bond motifs is 1. The van der Waals surface area contributed by atoms with E-state index in [1.807, 2.05) is 4.90 Å². The molecule has 3 aromatic rings. The largest absolute Gasteiger partial charge is 0.497 e. The molecule has 1 aliphatic heterocycles. The lowest BCUT2D eigenvalue weighted by Crippen LogP contribution is -2.37. The molecule has 0 spiro atoms. The quantitative estimate of drug-likeness (QED) is 0.568. The van der Waals surface area contributed by atoms with E-state index in [-0.39, 0.29) is 6.54 Å². The molecule has 0 aliphatic carbocycles. The second kappa shape index (κ2) is 9.23. The highest BCUT2D eigenvalue weighted by Gasteiger charge is 2.32. The summed E-state index contributed by atoms with van der Waals surface area (Å²) in [6, 6.07) is 6.10. The highest BCUT2D eigenvalue weighted by Crippen LogP contribution is 2.33. The van der Waals surface area contributed by atoms with Gasteiger partial charge in [-0.3, -0.25) is 14.5 Å². The molecule has 3 heterocycles. The van der Waals surface area contributed by atoms with Crippen LogP contribution in [0.3, 0.4) is 0 Å². The Kier molecular flexibility index (Phi) is 6.22. The first kappa shape index (κ1) is 21.6. The van der Waals surface area contributed by atoms with Crippen molar-refractivity contribution in [1.82, 2.24) is 19.4 Å². The van der Waals surface area contributed by atoms with Crippen molar-refractivity contribution in [3.8, 4) is 5.75 Å². The number of aromatic nitrogens is 3. The van der Waals surface area contributed by atoms with E-state index in [2.05, 4.69) is 14.9 Å². The van der Waals surface area contributed by atoms with Gasteiger partial charge in [-0.15, -0.1) is 0 Å². The number of methoxy groups -OCH3 is 1. The zero-order chi connectivity index (χ0) is 22.7. The molecule has 168 valence electrons. The SMILES string of the molecule is COc1ccc2c(c1)c([C@@H](C(=O)O)N1CCCN(c3ncccn3)CC1)cn2CC(=O)O. The van der Waals surface area contributed by atoms with Gasteiger partial charge in [0.25, 0.3) is 0 Å². The van der Waals surface area contributed by atoms with Crippen molar-refractivity contribution < 1.29 is 24.5 Å². The van der Waals surface area contributed by atoms with E-state index in [4.69, 9.17) is 4.74 Å². The molecular weight excluding hydrogens is 414 g/mol. The molecule has 0 bridgehead atoms. The molecular formula is C22H25N5O5. The Hall–Kier alpha value is -3.66. The molecule has 10 heteroatoms. The molecule has 0 radical (unpaired) electrons. The van der Waals surface area contributed by atoms with Crippen LogP contribution in [-0.2, 0) is 16.1 Å². The Balaban J connectivity index is 1.69. The average molecular weight is 439 g/mol. The lowest BCUT2D eigenvalue weighted by molar-refractivity contribution is -0.143. The van der Waals surface area contributed by atoms with Gasteiger partial charge in [0.2, 0.25) is 5.95 Å². The molecule has 1 aliphatic rings. The Morgan fingerprint density at radius 3 is 2.59 bits per heavy atom. The molecule has 1 fully saturated rings. The first-order chi connectivity index (χ1) is 15.5. The summed E-state index contributed by atoms with van der Waals surface area (Å²) in [5, 5.41) is 20.2. The average Bonchev–Trinajstić information content (AvgIpc) is 2.95. The Bertz CT molecular complexity index is 1120. The fraction of sp³-hybridized carbons (Fsp3) is 0.364. The van der Waals surface area contributed by atoms with E-state index in [1.165, 1.54) is 0 Å². The minimum atomic E-state index is -0.996. The third-order valence-corrected chi connectivity index (χ3v) is 5.68. The first-order valence-corrected chi connectivity index (χ1v) is 10.4. The minimum Gasteiger partial charge on any atom is -0.497 e. The summed E-state index contributed by atoms with van der Waals surface area (Å²) in [7, 11) is 1.54. The van der Waals surface area contributed by atoms with E-state index >= 15 is 0 Å². The Morgan fingerprint density at radius 2 is 1.91 bits per heavy atom. The van der Waals surface area contributed by atoms with E-state index < -0.39 is 18.0 Å². The minimum absolute atomic E-state index is 0.256. The van der Waals surface area contributed by atoms with E-state index in [0.29, 0.717) is 47.8 Å². The van der Waals surface area contributed by atoms with Crippen LogP contribution in [0.25, 0.3) is 10.9 Å². The van der Waals surface area contributed by atoms with Gasteiger partial charge in [-0.2, -0.15) is 0 Å². The van der Waals surface area contributed by atoms with Crippen molar-refractivity contribution in [1.29, 1.82) is 0 Å². The van der Waals surface area contributed by atoms with Crippen LogP contribution in [0, 0.1) is 0 Å². The number of aliphatic carboxylic acids is 2. The maximum Gasteiger partial charge on any atom is 0.325 e. The van der Waals surface area contributed by atoms with Crippen LogP contribution >= 0.6 is 0 Å². The molecule has 1 aromatic carbocycles. The number of rotatable bonds is 7. The van der Waals surface area contributed by atoms with Gasteiger partial charge in [-0.1, -0.05) is 0 Å². The van der Waals surface area contributed by atoms with Crippen molar-refractivity contribution in [2.75, 3.05) is 38.2 Å². The number of nitrogens with zero attached hydrogens (tertiary/aromatic N) is 5. The van der Waals surface area contributed by atoms with Crippen LogP contribution in [0.2, 0.25) is 0 Å². The smallest absolute Gasteiger partial charge is 0.325 e. The number of ether oxygens (including phenoxy) is 1. The predicted molar refractivity (Wildman–Crippen MR) is 117 cm³/mol. The number of carbonyl (C=O) groups is 2. The van der Waals surface area contributed by atoms with Crippen LogP contribution in [-0.4, -0.2) is 74.9 Å². The summed E-state index contributed by atoms with van der Waals surface area (Å²) in [4.78, 5) is 36.4. The fourth-order valence-corrected chi connectivity index (χ4v) is 4.26. The van der Waals surface area contributed by atoms with E-state index in [9.17, 15) is 19.8 Å². The van der Waals surface area contributed by atoms with Gasteiger partial charge in [0, 0.05) is 61.2 Å². The Morgan fingerprint density at radius 1 is 1.12 bits per heavy atom. The monoisotopic (exact) mass is 439 g/mol. The molecule has 4 rings (SSSR count). The molecule has 0 amide bonds. The van der Waals surface area contributed by atoms with Crippen LogP contribution in [0.5, 0.6) is 5.75 Å². The predicted octanol–water partition coefficient (Wildman–Crippen LogP) is 1.86. The van der Waals surface area contributed by atoms with Gasteiger partial charge in [-0.25, -0.2) is 9.97 Å². The molecule has 0 unspecified atom stereocenters. The highest BCUT2D eigenvalue weighted by atomic mass is 16.5. The van der Waals surface area contributed by atoms with Crippen molar-refractivity contribution in [2.24, 2.45) is 0 Å². The van der Waals surface area contributed by atoms with Crippen LogP contribution in [0.15, 0.2) is 42.9 Å². The van der Waals surface area contributed by atoms with Gasteiger partial charge in [-0.05, 0) is 30.7 Å². The Labute approximate surface area is 184 Å². The molecule has 2 N–H and O–H groups in total. The number of hydrogen-bond acceptors (Lipinski definition) is 7. The first-order valence-electron chi connectivity index (χ1n) is 10.4.